The first-order chi connectivity index (χ1) is 10.1. The number of amides is 2. The molecule has 0 spiro atoms. The van der Waals surface area contributed by atoms with E-state index >= 15 is 0 Å². The summed E-state index contributed by atoms with van der Waals surface area (Å²) in [5.74, 6) is -0.311. The second-order valence-corrected chi connectivity index (χ2v) is 6.34. The number of nitrogens with two attached hydrogens (primary N) is 1. The van der Waals surface area contributed by atoms with E-state index in [4.69, 9.17) is 11.6 Å². The third kappa shape index (κ3) is 3.00. The summed E-state index contributed by atoms with van der Waals surface area (Å²) in [6.07, 6.45) is 0.243. The lowest BCUT2D eigenvalue weighted by Crippen LogP contribution is -2.90. The van der Waals surface area contributed by atoms with Crippen molar-refractivity contribution < 1.29 is 14.9 Å². The number of rotatable bonds is 4. The molecule has 2 heterocycles. The number of thiophene rings is 1. The number of hydrogen-bond donors (Lipinski definition) is 1. The lowest BCUT2D eigenvalue weighted by Gasteiger charge is -2.14. The second-order valence-electron chi connectivity index (χ2n) is 4.87. The Bertz CT molecular complexity index is 655. The van der Waals surface area contributed by atoms with E-state index < -0.39 is 0 Å². The van der Waals surface area contributed by atoms with Crippen molar-refractivity contribution in [2.45, 2.75) is 19.0 Å². The SMILES string of the molecule is O=C1C[C@@H]([NH2+]Cc2cccs2)C(=O)N1c1ccc(Cl)cc1. The fourth-order valence-electron chi connectivity index (χ4n) is 2.39. The summed E-state index contributed by atoms with van der Waals surface area (Å²) in [7, 11) is 0. The van der Waals surface area contributed by atoms with Crippen molar-refractivity contribution in [3.8, 4) is 0 Å². The van der Waals surface area contributed by atoms with Crippen LogP contribution in [0, 0.1) is 0 Å². The van der Waals surface area contributed by atoms with Crippen LogP contribution < -0.4 is 10.2 Å². The van der Waals surface area contributed by atoms with Gasteiger partial charge in [0.1, 0.15) is 6.54 Å². The number of carbonyl (C=O) groups is 2. The molecule has 1 aliphatic rings. The molecule has 1 atom stereocenters. The van der Waals surface area contributed by atoms with Crippen molar-refractivity contribution in [2.24, 2.45) is 0 Å². The van der Waals surface area contributed by atoms with E-state index in [2.05, 4.69) is 0 Å². The molecule has 1 fully saturated rings. The lowest BCUT2D eigenvalue weighted by atomic mass is 10.2. The maximum Gasteiger partial charge on any atom is 0.292 e. The number of carbonyl (C=O) groups excluding carboxylic acids is 2. The Labute approximate surface area is 131 Å². The van der Waals surface area contributed by atoms with Crippen molar-refractivity contribution in [1.82, 2.24) is 0 Å². The van der Waals surface area contributed by atoms with Crippen LogP contribution in [0.5, 0.6) is 0 Å². The Kier molecular flexibility index (Phi) is 4.05. The number of halogens is 1. The zero-order chi connectivity index (χ0) is 14.8. The molecule has 1 saturated heterocycles. The van der Waals surface area contributed by atoms with Gasteiger partial charge in [0.15, 0.2) is 6.04 Å². The molecule has 0 radical (unpaired) electrons. The number of quaternary nitrogens is 1. The maximum atomic E-state index is 12.4. The van der Waals surface area contributed by atoms with Crippen molar-refractivity contribution in [3.63, 3.8) is 0 Å². The molecule has 1 aliphatic heterocycles. The Morgan fingerprint density at radius 2 is 2.00 bits per heavy atom. The molecular formula is C15H14ClN2O2S+. The van der Waals surface area contributed by atoms with E-state index in [1.165, 1.54) is 9.78 Å². The Morgan fingerprint density at radius 1 is 1.24 bits per heavy atom. The van der Waals surface area contributed by atoms with Crippen LogP contribution in [0.15, 0.2) is 41.8 Å². The van der Waals surface area contributed by atoms with E-state index in [9.17, 15) is 9.59 Å². The summed E-state index contributed by atoms with van der Waals surface area (Å²) in [4.78, 5) is 27.0. The summed E-state index contributed by atoms with van der Waals surface area (Å²) < 4.78 is 0. The monoisotopic (exact) mass is 321 g/mol. The molecule has 0 aliphatic carbocycles. The normalized spacial score (nSPS) is 18.5. The van der Waals surface area contributed by atoms with Crippen LogP contribution in [0.2, 0.25) is 5.02 Å². The van der Waals surface area contributed by atoms with E-state index in [0.29, 0.717) is 10.7 Å². The Balaban J connectivity index is 1.71. The average molecular weight is 322 g/mol. The molecule has 6 heteroatoms. The van der Waals surface area contributed by atoms with E-state index in [1.807, 2.05) is 22.8 Å². The van der Waals surface area contributed by atoms with Crippen molar-refractivity contribution >= 4 is 40.4 Å². The second kappa shape index (κ2) is 5.97. The molecule has 2 N–H and O–H groups in total. The minimum absolute atomic E-state index is 0.154. The first-order valence-electron chi connectivity index (χ1n) is 6.63. The smallest absolute Gasteiger partial charge is 0.292 e. The molecule has 4 nitrogen and oxygen atoms in total. The largest absolute Gasteiger partial charge is 0.331 e. The molecule has 21 heavy (non-hydrogen) atoms. The van der Waals surface area contributed by atoms with Crippen LogP contribution in [0.4, 0.5) is 5.69 Å². The van der Waals surface area contributed by atoms with Crippen molar-refractivity contribution in [1.29, 1.82) is 0 Å². The standard InChI is InChI=1S/C15H13ClN2O2S/c16-10-3-5-11(6-4-10)18-14(19)8-13(15(18)20)17-9-12-2-1-7-21-12/h1-7,13,17H,8-9H2/p+1/t13-/m1/s1. The number of imide groups is 1. The molecule has 0 saturated carbocycles. The van der Waals surface area contributed by atoms with Gasteiger partial charge >= 0.3 is 0 Å². The topological polar surface area (TPSA) is 54.0 Å². The number of nitrogens with zero attached hydrogens (tertiary/aromatic N) is 1. The molecule has 1 aromatic heterocycles. The first-order valence-corrected chi connectivity index (χ1v) is 7.89. The average Bonchev–Trinajstić information content (AvgIpc) is 3.07. The summed E-state index contributed by atoms with van der Waals surface area (Å²) in [6.45, 7) is 0.718. The highest BCUT2D eigenvalue weighted by Crippen LogP contribution is 2.23. The fraction of sp³-hybridized carbons (Fsp3) is 0.200. The number of hydrogen-bond acceptors (Lipinski definition) is 3. The van der Waals surface area contributed by atoms with Crippen LogP contribution in [-0.2, 0) is 16.1 Å². The zero-order valence-electron chi connectivity index (χ0n) is 11.2. The third-order valence-electron chi connectivity index (χ3n) is 3.45. The molecule has 108 valence electrons. The van der Waals surface area contributed by atoms with E-state index in [-0.39, 0.29) is 24.3 Å². The molecule has 0 bridgehead atoms. The van der Waals surface area contributed by atoms with Gasteiger partial charge in [-0.25, -0.2) is 4.90 Å². The quantitative estimate of drug-likeness (QED) is 0.873. The van der Waals surface area contributed by atoms with Crippen molar-refractivity contribution in [2.75, 3.05) is 4.90 Å². The fourth-order valence-corrected chi connectivity index (χ4v) is 3.20. The highest BCUT2D eigenvalue weighted by atomic mass is 35.5. The van der Waals surface area contributed by atoms with Gasteiger partial charge in [0, 0.05) is 5.02 Å². The molecule has 3 rings (SSSR count). The minimum Gasteiger partial charge on any atom is -0.331 e. The molecule has 1 aromatic carbocycles. The van der Waals surface area contributed by atoms with Gasteiger partial charge in [-0.15, -0.1) is 11.3 Å². The predicted octanol–water partition coefficient (Wildman–Crippen LogP) is 1.80. The van der Waals surface area contributed by atoms with Gasteiger partial charge in [-0.2, -0.15) is 0 Å². The molecule has 0 unspecified atom stereocenters. The third-order valence-corrected chi connectivity index (χ3v) is 4.60. The molecule has 2 aromatic rings. The maximum absolute atomic E-state index is 12.4. The number of benzene rings is 1. The van der Waals surface area contributed by atoms with Gasteiger partial charge < -0.3 is 5.32 Å². The molecule has 2 amide bonds. The van der Waals surface area contributed by atoms with Gasteiger partial charge in [0.05, 0.1) is 17.0 Å². The minimum atomic E-state index is -0.338. The van der Waals surface area contributed by atoms with Gasteiger partial charge in [-0.1, -0.05) is 17.7 Å². The number of anilines is 1. The highest BCUT2D eigenvalue weighted by molar-refractivity contribution is 7.09. The van der Waals surface area contributed by atoms with Gasteiger partial charge in [-0.05, 0) is 35.7 Å². The van der Waals surface area contributed by atoms with Gasteiger partial charge in [0.25, 0.3) is 5.91 Å². The van der Waals surface area contributed by atoms with E-state index in [0.717, 1.165) is 6.54 Å². The van der Waals surface area contributed by atoms with Crippen LogP contribution >= 0.6 is 22.9 Å². The Morgan fingerprint density at radius 3 is 2.67 bits per heavy atom. The summed E-state index contributed by atoms with van der Waals surface area (Å²) in [6, 6.07) is 10.4. The van der Waals surface area contributed by atoms with Crippen LogP contribution in [0.25, 0.3) is 0 Å². The van der Waals surface area contributed by atoms with Crippen molar-refractivity contribution in [3.05, 3.63) is 51.7 Å². The summed E-state index contributed by atoms with van der Waals surface area (Å²) in [5, 5.41) is 4.52. The van der Waals surface area contributed by atoms with Gasteiger partial charge in [-0.3, -0.25) is 9.59 Å². The van der Waals surface area contributed by atoms with Crippen LogP contribution in [-0.4, -0.2) is 17.9 Å². The highest BCUT2D eigenvalue weighted by Gasteiger charge is 2.42. The van der Waals surface area contributed by atoms with Gasteiger partial charge in [0.2, 0.25) is 5.91 Å². The van der Waals surface area contributed by atoms with E-state index in [1.54, 1.807) is 35.6 Å². The van der Waals surface area contributed by atoms with Crippen LogP contribution in [0.1, 0.15) is 11.3 Å². The summed E-state index contributed by atoms with van der Waals surface area (Å²) in [5.41, 5.74) is 0.585. The molecular weight excluding hydrogens is 308 g/mol. The summed E-state index contributed by atoms with van der Waals surface area (Å²) >= 11 is 7.48. The zero-order valence-corrected chi connectivity index (χ0v) is 12.7. The first kappa shape index (κ1) is 14.3. The lowest BCUT2D eigenvalue weighted by molar-refractivity contribution is -0.689. The van der Waals surface area contributed by atoms with Crippen LogP contribution in [0.3, 0.4) is 0 Å². The Hall–Kier alpha value is -1.69. The predicted molar refractivity (Wildman–Crippen MR) is 82.3 cm³/mol.